The molecule has 0 aliphatic heterocycles. The van der Waals surface area contributed by atoms with E-state index >= 15 is 0 Å². The van der Waals surface area contributed by atoms with E-state index < -0.39 is 0 Å². The van der Waals surface area contributed by atoms with Gasteiger partial charge in [0, 0.05) is 28.8 Å². The third kappa shape index (κ3) is 5.53. The summed E-state index contributed by atoms with van der Waals surface area (Å²) >= 11 is 0. The van der Waals surface area contributed by atoms with Crippen LogP contribution in [-0.4, -0.2) is 17.6 Å². The monoisotopic (exact) mass is 392 g/mol. The maximum absolute atomic E-state index is 12.6. The zero-order chi connectivity index (χ0) is 21.0. The lowest BCUT2D eigenvalue weighted by molar-refractivity contribution is -0.125. The van der Waals surface area contributed by atoms with Crippen LogP contribution in [0.1, 0.15) is 54.1 Å². The molecule has 0 spiro atoms. The first kappa shape index (κ1) is 20.8. The first-order valence-corrected chi connectivity index (χ1v) is 10.1. The van der Waals surface area contributed by atoms with Crippen molar-refractivity contribution in [3.05, 3.63) is 59.2 Å². The standard InChI is InChI=1S/C24H28N2O3/c1-15-12-16(2)14-22(13-15)26-24(29)20-6-4-19(5-7-20)23(28)25-21-10-8-18(9-11-21)17(3)27/h8-14,19-20H,4-7H2,1-3H3,(H,25,28)(H,26,29). The smallest absolute Gasteiger partial charge is 0.227 e. The van der Waals surface area contributed by atoms with Gasteiger partial charge in [-0.05, 0) is 94.0 Å². The Morgan fingerprint density at radius 3 is 1.62 bits per heavy atom. The average molecular weight is 392 g/mol. The van der Waals surface area contributed by atoms with Gasteiger partial charge < -0.3 is 10.6 Å². The Bertz CT molecular complexity index is 890. The molecule has 1 aliphatic carbocycles. The van der Waals surface area contributed by atoms with Gasteiger partial charge in [-0.2, -0.15) is 0 Å². The molecule has 0 atom stereocenters. The molecule has 1 aliphatic rings. The molecule has 1 fully saturated rings. The number of ketones is 1. The Hall–Kier alpha value is -2.95. The van der Waals surface area contributed by atoms with Crippen molar-refractivity contribution in [3.63, 3.8) is 0 Å². The highest BCUT2D eigenvalue weighted by Gasteiger charge is 2.30. The number of hydrogen-bond donors (Lipinski definition) is 2. The Morgan fingerprint density at radius 1 is 0.724 bits per heavy atom. The minimum Gasteiger partial charge on any atom is -0.326 e. The second-order valence-electron chi connectivity index (χ2n) is 8.04. The van der Waals surface area contributed by atoms with E-state index in [-0.39, 0.29) is 29.4 Å². The molecule has 3 rings (SSSR count). The van der Waals surface area contributed by atoms with Crippen molar-refractivity contribution in [2.45, 2.75) is 46.5 Å². The number of carbonyl (C=O) groups excluding carboxylic acids is 3. The van der Waals surface area contributed by atoms with Crippen molar-refractivity contribution in [1.29, 1.82) is 0 Å². The van der Waals surface area contributed by atoms with E-state index in [1.165, 1.54) is 6.92 Å². The van der Waals surface area contributed by atoms with Gasteiger partial charge in [0.1, 0.15) is 0 Å². The zero-order valence-electron chi connectivity index (χ0n) is 17.2. The van der Waals surface area contributed by atoms with Crippen LogP contribution < -0.4 is 10.6 Å². The van der Waals surface area contributed by atoms with E-state index in [1.54, 1.807) is 24.3 Å². The third-order valence-electron chi connectivity index (χ3n) is 5.52. The SMILES string of the molecule is CC(=O)c1ccc(NC(=O)C2CCC(C(=O)Nc3cc(C)cc(C)c3)CC2)cc1. The van der Waals surface area contributed by atoms with Crippen LogP contribution in [0.25, 0.3) is 0 Å². The quantitative estimate of drug-likeness (QED) is 0.712. The fourth-order valence-electron chi connectivity index (χ4n) is 3.94. The molecule has 29 heavy (non-hydrogen) atoms. The van der Waals surface area contributed by atoms with E-state index in [0.717, 1.165) is 16.8 Å². The highest BCUT2D eigenvalue weighted by atomic mass is 16.2. The summed E-state index contributed by atoms with van der Waals surface area (Å²) in [6, 6.07) is 12.9. The van der Waals surface area contributed by atoms with Crippen LogP contribution in [0.3, 0.4) is 0 Å². The van der Waals surface area contributed by atoms with Crippen molar-refractivity contribution in [2.75, 3.05) is 10.6 Å². The number of aryl methyl sites for hydroxylation is 2. The van der Waals surface area contributed by atoms with E-state index in [4.69, 9.17) is 0 Å². The fraction of sp³-hybridized carbons (Fsp3) is 0.375. The predicted octanol–water partition coefficient (Wildman–Crippen LogP) is 4.89. The van der Waals surface area contributed by atoms with Crippen LogP contribution in [0.4, 0.5) is 11.4 Å². The van der Waals surface area contributed by atoms with E-state index in [2.05, 4.69) is 16.7 Å². The van der Waals surface area contributed by atoms with Gasteiger partial charge in [-0.25, -0.2) is 0 Å². The summed E-state index contributed by atoms with van der Waals surface area (Å²) in [6.07, 6.45) is 2.81. The largest absolute Gasteiger partial charge is 0.326 e. The van der Waals surface area contributed by atoms with Gasteiger partial charge in [-0.1, -0.05) is 6.07 Å². The highest BCUT2D eigenvalue weighted by Crippen LogP contribution is 2.31. The lowest BCUT2D eigenvalue weighted by atomic mass is 9.81. The van der Waals surface area contributed by atoms with Crippen LogP contribution in [0.2, 0.25) is 0 Å². The fourth-order valence-corrected chi connectivity index (χ4v) is 3.94. The molecule has 0 saturated heterocycles. The van der Waals surface area contributed by atoms with Gasteiger partial charge in [0.15, 0.2) is 5.78 Å². The number of amides is 2. The number of benzene rings is 2. The van der Waals surface area contributed by atoms with Gasteiger partial charge in [0.2, 0.25) is 11.8 Å². The predicted molar refractivity (Wildman–Crippen MR) is 115 cm³/mol. The second-order valence-corrected chi connectivity index (χ2v) is 8.04. The summed E-state index contributed by atoms with van der Waals surface area (Å²) in [6.45, 7) is 5.54. The lowest BCUT2D eigenvalue weighted by Crippen LogP contribution is -2.32. The van der Waals surface area contributed by atoms with Crippen LogP contribution in [0, 0.1) is 25.7 Å². The van der Waals surface area contributed by atoms with E-state index in [9.17, 15) is 14.4 Å². The summed E-state index contributed by atoms with van der Waals surface area (Å²) < 4.78 is 0. The van der Waals surface area contributed by atoms with Crippen LogP contribution in [0.15, 0.2) is 42.5 Å². The summed E-state index contributed by atoms with van der Waals surface area (Å²) in [5.74, 6) is -0.134. The molecule has 0 radical (unpaired) electrons. The summed E-state index contributed by atoms with van der Waals surface area (Å²) in [4.78, 5) is 36.5. The number of Topliss-reactive ketones (excluding diaryl/α,β-unsaturated/α-hetero) is 1. The normalized spacial score (nSPS) is 18.7. The number of carbonyl (C=O) groups is 3. The first-order valence-electron chi connectivity index (χ1n) is 10.1. The van der Waals surface area contributed by atoms with Crippen LogP contribution in [0.5, 0.6) is 0 Å². The molecular weight excluding hydrogens is 364 g/mol. The summed E-state index contributed by atoms with van der Waals surface area (Å²) in [5.41, 5.74) is 4.39. The molecule has 152 valence electrons. The molecule has 5 nitrogen and oxygen atoms in total. The number of anilines is 2. The average Bonchev–Trinajstić information content (AvgIpc) is 2.67. The molecule has 2 N–H and O–H groups in total. The Labute approximate surface area is 171 Å². The third-order valence-corrected chi connectivity index (χ3v) is 5.52. The molecule has 0 unspecified atom stereocenters. The summed E-state index contributed by atoms with van der Waals surface area (Å²) in [7, 11) is 0. The van der Waals surface area contributed by atoms with Crippen LogP contribution in [-0.2, 0) is 9.59 Å². The van der Waals surface area contributed by atoms with E-state index in [0.29, 0.717) is 36.9 Å². The summed E-state index contributed by atoms with van der Waals surface area (Å²) in [5, 5.41) is 5.95. The van der Waals surface area contributed by atoms with Crippen molar-refractivity contribution in [2.24, 2.45) is 11.8 Å². The Balaban J connectivity index is 1.50. The van der Waals surface area contributed by atoms with Gasteiger partial charge in [-0.15, -0.1) is 0 Å². The maximum atomic E-state index is 12.6. The molecule has 1 saturated carbocycles. The molecule has 0 bridgehead atoms. The van der Waals surface area contributed by atoms with Gasteiger partial charge >= 0.3 is 0 Å². The molecule has 2 aromatic carbocycles. The lowest BCUT2D eigenvalue weighted by Gasteiger charge is -2.27. The van der Waals surface area contributed by atoms with Gasteiger partial charge in [0.25, 0.3) is 0 Å². The number of rotatable bonds is 5. The topological polar surface area (TPSA) is 75.3 Å². The molecular formula is C24H28N2O3. The first-order chi connectivity index (χ1) is 13.8. The van der Waals surface area contributed by atoms with E-state index in [1.807, 2.05) is 26.0 Å². The Kier molecular flexibility index (Phi) is 6.47. The Morgan fingerprint density at radius 2 is 1.17 bits per heavy atom. The van der Waals surface area contributed by atoms with Crippen LogP contribution >= 0.6 is 0 Å². The minimum absolute atomic E-state index is 0.000277. The zero-order valence-corrected chi connectivity index (χ0v) is 17.2. The highest BCUT2D eigenvalue weighted by molar-refractivity contribution is 5.96. The van der Waals surface area contributed by atoms with Gasteiger partial charge in [0.05, 0.1) is 0 Å². The maximum Gasteiger partial charge on any atom is 0.227 e. The van der Waals surface area contributed by atoms with Crippen molar-refractivity contribution < 1.29 is 14.4 Å². The molecule has 2 amide bonds. The van der Waals surface area contributed by atoms with Crippen molar-refractivity contribution in [3.8, 4) is 0 Å². The van der Waals surface area contributed by atoms with Gasteiger partial charge in [-0.3, -0.25) is 14.4 Å². The number of nitrogens with one attached hydrogen (secondary N) is 2. The molecule has 5 heteroatoms. The minimum atomic E-state index is -0.0900. The van der Waals surface area contributed by atoms with Crippen molar-refractivity contribution in [1.82, 2.24) is 0 Å². The van der Waals surface area contributed by atoms with Crippen molar-refractivity contribution >= 4 is 29.0 Å². The molecule has 0 aromatic heterocycles. The molecule has 0 heterocycles. The molecule has 2 aromatic rings. The number of hydrogen-bond acceptors (Lipinski definition) is 3. The second kappa shape index (κ2) is 9.03.